The minimum atomic E-state index is -0.626. The van der Waals surface area contributed by atoms with Gasteiger partial charge in [-0.05, 0) is 43.2 Å². The summed E-state index contributed by atoms with van der Waals surface area (Å²) in [6, 6.07) is 14.1. The quantitative estimate of drug-likeness (QED) is 0.357. The Labute approximate surface area is 239 Å². The van der Waals surface area contributed by atoms with Crippen LogP contribution < -0.4 is 20.4 Å². The zero-order chi connectivity index (χ0) is 29.4. The Morgan fingerprint density at radius 2 is 1.78 bits per heavy atom. The molecule has 1 aromatic heterocycles. The van der Waals surface area contributed by atoms with E-state index in [1.807, 2.05) is 31.2 Å². The summed E-state index contributed by atoms with van der Waals surface area (Å²) in [6.45, 7) is 9.39. The molecule has 10 heteroatoms. The van der Waals surface area contributed by atoms with Gasteiger partial charge in [0.25, 0.3) is 5.91 Å². The van der Waals surface area contributed by atoms with Crippen LogP contribution in [0.4, 0.5) is 5.69 Å². The Morgan fingerprint density at radius 3 is 2.49 bits per heavy atom. The molecule has 0 atom stereocenters. The molecule has 1 N–H and O–H groups in total. The van der Waals surface area contributed by atoms with Crippen molar-refractivity contribution < 1.29 is 23.5 Å². The predicted molar refractivity (Wildman–Crippen MR) is 157 cm³/mol. The van der Waals surface area contributed by atoms with E-state index in [0.29, 0.717) is 57.0 Å². The molecule has 1 fully saturated rings. The Hall–Kier alpha value is -4.34. The molecule has 0 bridgehead atoms. The molecule has 2 aromatic carbocycles. The zero-order valence-electron chi connectivity index (χ0n) is 24.0. The summed E-state index contributed by atoms with van der Waals surface area (Å²) in [5.41, 5.74) is 2.04. The molecule has 1 aliphatic heterocycles. The lowest BCUT2D eigenvalue weighted by molar-refractivity contribution is -0.130. The molecule has 0 radical (unpaired) electrons. The van der Waals surface area contributed by atoms with E-state index >= 15 is 0 Å². The number of piperazine rings is 1. The molecule has 1 saturated heterocycles. The first-order valence-corrected chi connectivity index (χ1v) is 14.2. The Kier molecular flexibility index (Phi) is 10.00. The monoisotopic (exact) mass is 562 g/mol. The molecule has 0 saturated carbocycles. The van der Waals surface area contributed by atoms with Crippen LogP contribution in [0.25, 0.3) is 11.0 Å². The van der Waals surface area contributed by atoms with Crippen LogP contribution in [0.15, 0.2) is 57.7 Å². The number of carbonyl (C=O) groups is 3. The summed E-state index contributed by atoms with van der Waals surface area (Å²) in [7, 11) is 0. The molecule has 10 nitrogen and oxygen atoms in total. The lowest BCUT2D eigenvalue weighted by atomic mass is 10.1. The summed E-state index contributed by atoms with van der Waals surface area (Å²) in [4.78, 5) is 55.9. The van der Waals surface area contributed by atoms with Crippen LogP contribution in [0.5, 0.6) is 5.75 Å². The third-order valence-corrected chi connectivity index (χ3v) is 7.24. The summed E-state index contributed by atoms with van der Waals surface area (Å²) < 4.78 is 11.3. The third kappa shape index (κ3) is 7.45. The first-order valence-electron chi connectivity index (χ1n) is 14.2. The Bertz CT molecular complexity index is 1440. The molecule has 3 aromatic rings. The van der Waals surface area contributed by atoms with Gasteiger partial charge in [0.15, 0.2) is 11.2 Å². The van der Waals surface area contributed by atoms with Crippen LogP contribution >= 0.6 is 0 Å². The average molecular weight is 563 g/mol. The summed E-state index contributed by atoms with van der Waals surface area (Å²) in [6.07, 6.45) is 1.91. The van der Waals surface area contributed by atoms with Crippen LogP contribution in [0.2, 0.25) is 0 Å². The molecule has 0 aliphatic carbocycles. The molecule has 3 amide bonds. The maximum atomic E-state index is 12.9. The Balaban J connectivity index is 1.32. The first kappa shape index (κ1) is 29.6. The molecule has 0 spiro atoms. The first-order chi connectivity index (χ1) is 19.8. The summed E-state index contributed by atoms with van der Waals surface area (Å²) in [5.74, 6) is -0.382. The van der Waals surface area contributed by atoms with Crippen molar-refractivity contribution in [2.24, 2.45) is 0 Å². The predicted octanol–water partition coefficient (Wildman–Crippen LogP) is 3.42. The van der Waals surface area contributed by atoms with Crippen molar-refractivity contribution in [3.8, 4) is 5.75 Å². The molecule has 4 rings (SSSR count). The number of nitrogens with zero attached hydrogens (tertiary/aromatic N) is 3. The van der Waals surface area contributed by atoms with Gasteiger partial charge in [0.1, 0.15) is 11.3 Å². The van der Waals surface area contributed by atoms with E-state index in [-0.39, 0.29) is 35.1 Å². The highest BCUT2D eigenvalue weighted by atomic mass is 16.5. The van der Waals surface area contributed by atoms with E-state index in [1.165, 1.54) is 0 Å². The highest BCUT2D eigenvalue weighted by Gasteiger charge is 2.24. The van der Waals surface area contributed by atoms with Gasteiger partial charge in [0.2, 0.25) is 11.8 Å². The third-order valence-electron chi connectivity index (χ3n) is 7.24. The number of carbonyl (C=O) groups excluding carboxylic acids is 3. The number of ether oxygens (including phenoxy) is 1. The maximum Gasteiger partial charge on any atom is 0.287 e. The fraction of sp³-hybridized carbons (Fsp3) is 0.419. The van der Waals surface area contributed by atoms with E-state index in [9.17, 15) is 19.2 Å². The van der Waals surface area contributed by atoms with Crippen LogP contribution in [-0.4, -0.2) is 73.4 Å². The van der Waals surface area contributed by atoms with Crippen molar-refractivity contribution in [3.05, 3.63) is 70.1 Å². The number of anilines is 1. The molecular weight excluding hydrogens is 524 g/mol. The van der Waals surface area contributed by atoms with Crippen LogP contribution in [0, 0.1) is 0 Å². The van der Waals surface area contributed by atoms with Gasteiger partial charge in [0, 0.05) is 57.9 Å². The van der Waals surface area contributed by atoms with Crippen LogP contribution in [0.3, 0.4) is 0 Å². The molecule has 2 heterocycles. The second-order valence-corrected chi connectivity index (χ2v) is 10.0. The zero-order valence-corrected chi connectivity index (χ0v) is 24.0. The van der Waals surface area contributed by atoms with Crippen LogP contribution in [0.1, 0.15) is 49.7 Å². The highest BCUT2D eigenvalue weighted by Crippen LogP contribution is 2.24. The van der Waals surface area contributed by atoms with Crippen molar-refractivity contribution >= 4 is 34.4 Å². The van der Waals surface area contributed by atoms with Gasteiger partial charge in [-0.1, -0.05) is 31.5 Å². The van der Waals surface area contributed by atoms with E-state index < -0.39 is 5.91 Å². The van der Waals surface area contributed by atoms with Crippen molar-refractivity contribution in [2.45, 2.75) is 40.2 Å². The number of fused-ring (bicyclic) bond motifs is 1. The number of para-hydroxylation sites is 1. The van der Waals surface area contributed by atoms with E-state index in [0.717, 1.165) is 30.2 Å². The number of nitrogens with one attached hydrogen (secondary N) is 1. The molecule has 0 unspecified atom stereocenters. The van der Waals surface area contributed by atoms with Gasteiger partial charge < -0.3 is 29.2 Å². The largest absolute Gasteiger partial charge is 0.494 e. The van der Waals surface area contributed by atoms with Gasteiger partial charge in [-0.3, -0.25) is 19.2 Å². The van der Waals surface area contributed by atoms with Gasteiger partial charge in [0.05, 0.1) is 18.5 Å². The minimum Gasteiger partial charge on any atom is -0.494 e. The molecule has 41 heavy (non-hydrogen) atoms. The number of rotatable bonds is 11. The van der Waals surface area contributed by atoms with Crippen molar-refractivity contribution in [2.75, 3.05) is 50.8 Å². The summed E-state index contributed by atoms with van der Waals surface area (Å²) >= 11 is 0. The Morgan fingerprint density at radius 1 is 1.02 bits per heavy atom. The fourth-order valence-corrected chi connectivity index (χ4v) is 4.83. The second-order valence-electron chi connectivity index (χ2n) is 10.0. The standard InChI is InChI=1S/C31H38N4O6/c1-4-6-17-40-24-11-12-28-25(18-24)27(37)19-29(41-28)31(39)32-20-30(38)35-15-13-34(14-16-35)26-10-8-7-9-23(26)21-33(5-2)22(3)36/h7-12,18-19H,4-6,13-17,20-21H2,1-3H3,(H,32,39). The molecular formula is C31H38N4O6. The smallest absolute Gasteiger partial charge is 0.287 e. The van der Waals surface area contributed by atoms with Gasteiger partial charge in [-0.2, -0.15) is 0 Å². The normalized spacial score (nSPS) is 13.2. The number of hydrogen-bond acceptors (Lipinski definition) is 7. The van der Waals surface area contributed by atoms with E-state index in [4.69, 9.17) is 9.15 Å². The number of hydrogen-bond donors (Lipinski definition) is 1. The summed E-state index contributed by atoms with van der Waals surface area (Å²) in [5, 5.41) is 2.91. The topological polar surface area (TPSA) is 112 Å². The highest BCUT2D eigenvalue weighted by molar-refractivity contribution is 5.95. The van der Waals surface area contributed by atoms with Crippen LogP contribution in [-0.2, 0) is 16.1 Å². The molecule has 1 aliphatic rings. The second kappa shape index (κ2) is 13.8. The number of amides is 3. The maximum absolute atomic E-state index is 12.9. The van der Waals surface area contributed by atoms with Crippen molar-refractivity contribution in [1.82, 2.24) is 15.1 Å². The number of benzene rings is 2. The van der Waals surface area contributed by atoms with Gasteiger partial charge >= 0.3 is 0 Å². The van der Waals surface area contributed by atoms with E-state index in [1.54, 1.807) is 34.9 Å². The lowest BCUT2D eigenvalue weighted by Gasteiger charge is -2.37. The molecule has 218 valence electrons. The van der Waals surface area contributed by atoms with Crippen molar-refractivity contribution in [3.63, 3.8) is 0 Å². The fourth-order valence-electron chi connectivity index (χ4n) is 4.83. The lowest BCUT2D eigenvalue weighted by Crippen LogP contribution is -2.51. The van der Waals surface area contributed by atoms with Gasteiger partial charge in [-0.15, -0.1) is 0 Å². The van der Waals surface area contributed by atoms with Gasteiger partial charge in [-0.25, -0.2) is 0 Å². The minimum absolute atomic E-state index is 0.0317. The SMILES string of the molecule is CCCCOc1ccc2oc(C(=O)NCC(=O)N3CCN(c4ccccc4CN(CC)C(C)=O)CC3)cc(=O)c2c1. The number of unbranched alkanes of at least 4 members (excludes halogenated alkanes) is 1. The van der Waals surface area contributed by atoms with Crippen molar-refractivity contribution in [1.29, 1.82) is 0 Å². The average Bonchev–Trinajstić information content (AvgIpc) is 2.99. The van der Waals surface area contributed by atoms with E-state index in [2.05, 4.69) is 17.1 Å².